The van der Waals surface area contributed by atoms with Gasteiger partial charge in [-0.3, -0.25) is 0 Å². The molecule has 96 valence electrons. The van der Waals surface area contributed by atoms with Crippen molar-refractivity contribution in [2.45, 2.75) is 52.1 Å². The number of hydrogen-bond donors (Lipinski definition) is 2. The van der Waals surface area contributed by atoms with Crippen LogP contribution in [0.4, 0.5) is 0 Å². The zero-order valence-corrected chi connectivity index (χ0v) is 11.5. The van der Waals surface area contributed by atoms with Crippen molar-refractivity contribution in [3.8, 4) is 0 Å². The van der Waals surface area contributed by atoms with Crippen LogP contribution in [0, 0.1) is 5.92 Å². The van der Waals surface area contributed by atoms with Crippen LogP contribution in [0.25, 0.3) is 0 Å². The molecule has 0 radical (unpaired) electrons. The average Bonchev–Trinajstić information content (AvgIpc) is 2.80. The van der Waals surface area contributed by atoms with Gasteiger partial charge in [0.05, 0.1) is 5.75 Å². The Kier molecular flexibility index (Phi) is 4.37. The van der Waals surface area contributed by atoms with Crippen molar-refractivity contribution in [2.75, 3.05) is 12.3 Å². The summed E-state index contributed by atoms with van der Waals surface area (Å²) in [5.41, 5.74) is -0.281. The molecule has 1 saturated carbocycles. The fourth-order valence-corrected chi connectivity index (χ4v) is 3.28. The lowest BCUT2D eigenvalue weighted by Crippen LogP contribution is -2.47. The van der Waals surface area contributed by atoms with Crippen molar-refractivity contribution in [3.05, 3.63) is 0 Å². The van der Waals surface area contributed by atoms with Crippen molar-refractivity contribution < 1.29 is 8.42 Å². The summed E-state index contributed by atoms with van der Waals surface area (Å²) in [4.78, 5) is 0. The summed E-state index contributed by atoms with van der Waals surface area (Å²) in [7, 11) is -3.15. The van der Waals surface area contributed by atoms with Crippen LogP contribution in [0.1, 0.15) is 40.5 Å². The van der Waals surface area contributed by atoms with Gasteiger partial charge in [0.25, 0.3) is 0 Å². The molecule has 2 N–H and O–H groups in total. The minimum atomic E-state index is -3.15. The lowest BCUT2D eigenvalue weighted by molar-refractivity contribution is 0.400. The quantitative estimate of drug-likeness (QED) is 0.709. The van der Waals surface area contributed by atoms with Crippen LogP contribution >= 0.6 is 0 Å². The Morgan fingerprint density at radius 3 is 2.31 bits per heavy atom. The second-order valence-corrected chi connectivity index (χ2v) is 7.37. The first kappa shape index (κ1) is 13.9. The first-order chi connectivity index (χ1) is 7.23. The Hall–Kier alpha value is -0.130. The second kappa shape index (κ2) is 5.02. The maximum atomic E-state index is 11.8. The number of rotatable bonds is 7. The monoisotopic (exact) mass is 248 g/mol. The van der Waals surface area contributed by atoms with Crippen LogP contribution in [-0.2, 0) is 10.0 Å². The highest BCUT2D eigenvalue weighted by atomic mass is 32.2. The molecule has 1 rings (SSSR count). The van der Waals surface area contributed by atoms with E-state index in [9.17, 15) is 8.42 Å². The van der Waals surface area contributed by atoms with Crippen molar-refractivity contribution in [1.29, 1.82) is 0 Å². The van der Waals surface area contributed by atoms with Crippen LogP contribution in [0.15, 0.2) is 0 Å². The molecule has 5 heteroatoms. The lowest BCUT2D eigenvalue weighted by atomic mass is 10.0. The summed E-state index contributed by atoms with van der Waals surface area (Å²) < 4.78 is 26.4. The van der Waals surface area contributed by atoms with Crippen molar-refractivity contribution >= 4 is 10.0 Å². The molecule has 1 aliphatic rings. The summed E-state index contributed by atoms with van der Waals surface area (Å²) in [5, 5.41) is 3.11. The fourth-order valence-electron chi connectivity index (χ4n) is 1.82. The molecule has 0 aromatic heterocycles. The van der Waals surface area contributed by atoms with E-state index >= 15 is 0 Å². The molecular weight excluding hydrogens is 224 g/mol. The molecule has 1 fully saturated rings. The largest absolute Gasteiger partial charge is 0.313 e. The minimum Gasteiger partial charge on any atom is -0.313 e. The van der Waals surface area contributed by atoms with E-state index in [-0.39, 0.29) is 11.3 Å². The Morgan fingerprint density at radius 1 is 1.31 bits per heavy atom. The van der Waals surface area contributed by atoms with Crippen LogP contribution < -0.4 is 10.0 Å². The van der Waals surface area contributed by atoms with Crippen LogP contribution in [0.2, 0.25) is 0 Å². The van der Waals surface area contributed by atoms with Gasteiger partial charge < -0.3 is 5.32 Å². The number of hydrogen-bond acceptors (Lipinski definition) is 3. The highest BCUT2D eigenvalue weighted by molar-refractivity contribution is 7.89. The predicted octanol–water partition coefficient (Wildman–Crippen LogP) is 1.09. The zero-order chi connectivity index (χ0) is 12.4. The van der Waals surface area contributed by atoms with Gasteiger partial charge in [-0.25, -0.2) is 13.1 Å². The minimum absolute atomic E-state index is 0.154. The molecule has 0 heterocycles. The Balaban J connectivity index is 2.39. The Morgan fingerprint density at radius 2 is 1.88 bits per heavy atom. The molecule has 0 saturated heterocycles. The van der Waals surface area contributed by atoms with E-state index in [1.165, 1.54) is 0 Å². The topological polar surface area (TPSA) is 58.2 Å². The molecule has 4 nitrogen and oxygen atoms in total. The highest BCUT2D eigenvalue weighted by Crippen LogP contribution is 2.39. The van der Waals surface area contributed by atoms with Crippen molar-refractivity contribution in [1.82, 2.24) is 10.0 Å². The van der Waals surface area contributed by atoms with Gasteiger partial charge in [-0.15, -0.1) is 0 Å². The fraction of sp³-hybridized carbons (Fsp3) is 1.00. The standard InChI is InChI=1S/C11H24N2O2S/c1-9(2)12-7-8-16(14,15)13-11(3,4)10-5-6-10/h9-10,12-13H,5-8H2,1-4H3. The summed E-state index contributed by atoms with van der Waals surface area (Å²) in [6, 6.07) is 0.326. The molecule has 16 heavy (non-hydrogen) atoms. The van der Waals surface area contributed by atoms with Crippen molar-refractivity contribution in [3.63, 3.8) is 0 Å². The normalized spacial score (nSPS) is 18.1. The molecule has 0 aliphatic heterocycles. The molecule has 0 aromatic rings. The lowest BCUT2D eigenvalue weighted by Gasteiger charge is -2.25. The molecule has 0 aromatic carbocycles. The molecule has 0 spiro atoms. The Labute approximate surface area is 99.2 Å². The third-order valence-corrected chi connectivity index (χ3v) is 4.52. The molecular formula is C11H24N2O2S. The molecule has 0 amide bonds. The predicted molar refractivity (Wildman–Crippen MR) is 66.9 cm³/mol. The Bertz CT molecular complexity index is 319. The third-order valence-electron chi connectivity index (χ3n) is 2.94. The van der Waals surface area contributed by atoms with E-state index in [4.69, 9.17) is 0 Å². The summed E-state index contributed by atoms with van der Waals surface area (Å²) in [6.07, 6.45) is 2.28. The molecule has 0 bridgehead atoms. The third kappa shape index (κ3) is 4.80. The van der Waals surface area contributed by atoms with Gasteiger partial charge in [0.15, 0.2) is 0 Å². The number of sulfonamides is 1. The van der Waals surface area contributed by atoms with Gasteiger partial charge in [0.2, 0.25) is 10.0 Å². The molecule has 1 aliphatic carbocycles. The van der Waals surface area contributed by atoms with Gasteiger partial charge >= 0.3 is 0 Å². The maximum Gasteiger partial charge on any atom is 0.213 e. The van der Waals surface area contributed by atoms with E-state index in [0.717, 1.165) is 12.8 Å². The van der Waals surface area contributed by atoms with Crippen LogP contribution in [0.3, 0.4) is 0 Å². The van der Waals surface area contributed by atoms with Gasteiger partial charge in [0.1, 0.15) is 0 Å². The average molecular weight is 248 g/mol. The van der Waals surface area contributed by atoms with E-state index in [1.807, 2.05) is 27.7 Å². The maximum absolute atomic E-state index is 11.8. The number of nitrogens with one attached hydrogen (secondary N) is 2. The van der Waals surface area contributed by atoms with Gasteiger partial charge in [-0.05, 0) is 32.6 Å². The summed E-state index contributed by atoms with van der Waals surface area (Å²) in [5.74, 6) is 0.668. The molecule has 0 atom stereocenters. The second-order valence-electron chi connectivity index (χ2n) is 5.53. The van der Waals surface area contributed by atoms with Crippen LogP contribution in [0.5, 0.6) is 0 Å². The smallest absolute Gasteiger partial charge is 0.213 e. The SMILES string of the molecule is CC(C)NCCS(=O)(=O)NC(C)(C)C1CC1. The zero-order valence-electron chi connectivity index (χ0n) is 10.7. The van der Waals surface area contributed by atoms with Gasteiger partial charge in [0, 0.05) is 18.1 Å². The van der Waals surface area contributed by atoms with E-state index in [1.54, 1.807) is 0 Å². The van der Waals surface area contributed by atoms with Gasteiger partial charge in [-0.1, -0.05) is 13.8 Å². The van der Waals surface area contributed by atoms with E-state index < -0.39 is 10.0 Å². The van der Waals surface area contributed by atoms with E-state index in [2.05, 4.69) is 10.0 Å². The van der Waals surface area contributed by atoms with E-state index in [0.29, 0.717) is 18.5 Å². The van der Waals surface area contributed by atoms with Crippen LogP contribution in [-0.4, -0.2) is 32.3 Å². The first-order valence-corrected chi connectivity index (χ1v) is 7.63. The first-order valence-electron chi connectivity index (χ1n) is 5.98. The van der Waals surface area contributed by atoms with Crippen molar-refractivity contribution in [2.24, 2.45) is 5.92 Å². The molecule has 0 unspecified atom stereocenters. The highest BCUT2D eigenvalue weighted by Gasteiger charge is 2.40. The summed E-state index contributed by atoms with van der Waals surface area (Å²) >= 11 is 0. The summed E-state index contributed by atoms with van der Waals surface area (Å²) in [6.45, 7) is 8.46. The van der Waals surface area contributed by atoms with Gasteiger partial charge in [-0.2, -0.15) is 0 Å².